The zero-order chi connectivity index (χ0) is 26.7. The van der Waals surface area contributed by atoms with Crippen molar-refractivity contribution < 1.29 is 27.9 Å². The molecule has 0 radical (unpaired) electrons. The SMILES string of the molecule is N=C(N)NC(=O)c1ccc(C2CCN(C(=O)c3ccc(-c4cccc(O)c4)nc3)CC2)c(C(F)(F)F)c1. The minimum Gasteiger partial charge on any atom is -0.508 e. The molecule has 192 valence electrons. The Morgan fingerprint density at radius 3 is 2.35 bits per heavy atom. The summed E-state index contributed by atoms with van der Waals surface area (Å²) in [5, 5.41) is 18.7. The van der Waals surface area contributed by atoms with Gasteiger partial charge >= 0.3 is 6.18 Å². The number of hydrogen-bond donors (Lipinski definition) is 4. The fourth-order valence-electron chi connectivity index (χ4n) is 4.43. The van der Waals surface area contributed by atoms with Gasteiger partial charge in [0.25, 0.3) is 11.8 Å². The van der Waals surface area contributed by atoms with Gasteiger partial charge in [0.1, 0.15) is 5.75 Å². The Balaban J connectivity index is 1.46. The average Bonchev–Trinajstić information content (AvgIpc) is 2.87. The molecule has 0 unspecified atom stereocenters. The van der Waals surface area contributed by atoms with Crippen LogP contribution >= 0.6 is 0 Å². The summed E-state index contributed by atoms with van der Waals surface area (Å²) in [5.74, 6) is -2.17. The number of hydrogen-bond acceptors (Lipinski definition) is 5. The first kappa shape index (κ1) is 25.7. The van der Waals surface area contributed by atoms with Crippen molar-refractivity contribution in [1.82, 2.24) is 15.2 Å². The molecule has 0 bridgehead atoms. The molecule has 11 heteroatoms. The van der Waals surface area contributed by atoms with Gasteiger partial charge in [-0.05, 0) is 60.7 Å². The van der Waals surface area contributed by atoms with Crippen molar-refractivity contribution in [3.63, 3.8) is 0 Å². The van der Waals surface area contributed by atoms with Crippen LogP contribution < -0.4 is 11.1 Å². The monoisotopic (exact) mass is 511 g/mol. The van der Waals surface area contributed by atoms with Crippen molar-refractivity contribution in [1.29, 1.82) is 5.41 Å². The highest BCUT2D eigenvalue weighted by Crippen LogP contribution is 2.39. The summed E-state index contributed by atoms with van der Waals surface area (Å²) in [4.78, 5) is 30.9. The van der Waals surface area contributed by atoms with Crippen LogP contribution in [0, 0.1) is 5.41 Å². The minimum absolute atomic E-state index is 0.0658. The Hall–Kier alpha value is -4.41. The summed E-state index contributed by atoms with van der Waals surface area (Å²) in [5.41, 5.74) is 5.65. The van der Waals surface area contributed by atoms with Crippen molar-refractivity contribution in [3.05, 3.63) is 83.0 Å². The van der Waals surface area contributed by atoms with Gasteiger partial charge in [0, 0.05) is 30.4 Å². The number of rotatable bonds is 4. The lowest BCUT2D eigenvalue weighted by atomic mass is 9.85. The predicted molar refractivity (Wildman–Crippen MR) is 130 cm³/mol. The van der Waals surface area contributed by atoms with Crippen LogP contribution in [0.2, 0.25) is 0 Å². The number of likely N-dealkylation sites (tertiary alicyclic amines) is 1. The van der Waals surface area contributed by atoms with E-state index in [-0.39, 0.29) is 35.9 Å². The number of piperidine rings is 1. The van der Waals surface area contributed by atoms with Gasteiger partial charge in [-0.3, -0.25) is 25.3 Å². The molecular weight excluding hydrogens is 487 g/mol. The summed E-state index contributed by atoms with van der Waals surface area (Å²) in [7, 11) is 0. The molecule has 8 nitrogen and oxygen atoms in total. The molecule has 2 heterocycles. The molecule has 5 N–H and O–H groups in total. The fourth-order valence-corrected chi connectivity index (χ4v) is 4.43. The number of carbonyl (C=O) groups excluding carboxylic acids is 2. The Labute approximate surface area is 210 Å². The predicted octanol–water partition coefficient (Wildman–Crippen LogP) is 4.12. The van der Waals surface area contributed by atoms with Crippen LogP contribution in [0.25, 0.3) is 11.3 Å². The summed E-state index contributed by atoms with van der Waals surface area (Å²) < 4.78 is 41.5. The number of nitrogens with one attached hydrogen (secondary N) is 2. The highest BCUT2D eigenvalue weighted by Gasteiger charge is 2.37. The number of pyridine rings is 1. The quantitative estimate of drug-likeness (QED) is 0.309. The lowest BCUT2D eigenvalue weighted by Crippen LogP contribution is -2.38. The number of amides is 2. The van der Waals surface area contributed by atoms with Gasteiger partial charge in [0.2, 0.25) is 0 Å². The van der Waals surface area contributed by atoms with Crippen molar-refractivity contribution in [2.45, 2.75) is 24.9 Å². The van der Waals surface area contributed by atoms with Gasteiger partial charge in [-0.25, -0.2) is 0 Å². The molecule has 37 heavy (non-hydrogen) atoms. The van der Waals surface area contributed by atoms with Crippen LogP contribution in [0.5, 0.6) is 5.75 Å². The second-order valence-electron chi connectivity index (χ2n) is 8.72. The third-order valence-electron chi connectivity index (χ3n) is 6.24. The molecule has 0 atom stereocenters. The maximum absolute atomic E-state index is 13.8. The number of carbonyl (C=O) groups is 2. The molecule has 4 rings (SSSR count). The van der Waals surface area contributed by atoms with Crippen LogP contribution in [0.4, 0.5) is 13.2 Å². The number of alkyl halides is 3. The summed E-state index contributed by atoms with van der Waals surface area (Å²) in [6.45, 7) is 0.531. The number of guanidine groups is 1. The zero-order valence-corrected chi connectivity index (χ0v) is 19.5. The third kappa shape index (κ3) is 5.88. The lowest BCUT2D eigenvalue weighted by Gasteiger charge is -2.33. The first-order valence-electron chi connectivity index (χ1n) is 11.4. The van der Waals surface area contributed by atoms with Crippen LogP contribution in [0.1, 0.15) is 50.6 Å². The normalized spacial score (nSPS) is 14.3. The number of nitrogens with two attached hydrogens (primary N) is 1. The van der Waals surface area contributed by atoms with E-state index in [1.54, 1.807) is 41.3 Å². The second kappa shape index (κ2) is 10.3. The van der Waals surface area contributed by atoms with E-state index >= 15 is 0 Å². The number of phenolic OH excluding ortho intramolecular Hbond substituents is 1. The van der Waals surface area contributed by atoms with E-state index in [1.807, 2.05) is 5.32 Å². The summed E-state index contributed by atoms with van der Waals surface area (Å²) in [6, 6.07) is 13.2. The van der Waals surface area contributed by atoms with E-state index < -0.39 is 29.5 Å². The Morgan fingerprint density at radius 1 is 1.05 bits per heavy atom. The molecule has 1 aliphatic heterocycles. The van der Waals surface area contributed by atoms with Crippen molar-refractivity contribution in [2.24, 2.45) is 5.73 Å². The van der Waals surface area contributed by atoms with Gasteiger partial charge in [-0.15, -0.1) is 0 Å². The van der Waals surface area contributed by atoms with Crippen LogP contribution in [-0.2, 0) is 6.18 Å². The first-order chi connectivity index (χ1) is 17.5. The van der Waals surface area contributed by atoms with Crippen molar-refractivity contribution in [3.8, 4) is 17.0 Å². The number of phenols is 1. The molecule has 1 fully saturated rings. The number of aromatic nitrogens is 1. The zero-order valence-electron chi connectivity index (χ0n) is 19.5. The third-order valence-corrected chi connectivity index (χ3v) is 6.24. The highest BCUT2D eigenvalue weighted by atomic mass is 19.4. The first-order valence-corrected chi connectivity index (χ1v) is 11.4. The van der Waals surface area contributed by atoms with E-state index in [9.17, 15) is 27.9 Å². The summed E-state index contributed by atoms with van der Waals surface area (Å²) >= 11 is 0. The molecule has 3 aromatic rings. The van der Waals surface area contributed by atoms with Gasteiger partial charge in [0.05, 0.1) is 16.8 Å². The Kier molecular flexibility index (Phi) is 7.14. The van der Waals surface area contributed by atoms with Gasteiger partial charge in [-0.1, -0.05) is 18.2 Å². The standard InChI is InChI=1S/C26H24F3N5O3/c27-26(28,29)21-13-17(23(36)33-25(30)31)4-6-20(21)15-8-10-34(11-9-15)24(37)18-5-7-22(32-14-18)16-2-1-3-19(35)12-16/h1-7,12-15,35H,8-11H2,(H4,30,31,33,36). The van der Waals surface area contributed by atoms with E-state index in [0.29, 0.717) is 29.7 Å². The maximum atomic E-state index is 13.8. The largest absolute Gasteiger partial charge is 0.508 e. The van der Waals surface area contributed by atoms with E-state index in [2.05, 4.69) is 4.98 Å². The molecule has 1 saturated heterocycles. The van der Waals surface area contributed by atoms with Crippen LogP contribution in [-0.4, -0.2) is 45.9 Å². The van der Waals surface area contributed by atoms with Gasteiger partial charge < -0.3 is 15.7 Å². The van der Waals surface area contributed by atoms with Gasteiger partial charge in [-0.2, -0.15) is 13.2 Å². The van der Waals surface area contributed by atoms with E-state index in [0.717, 1.165) is 6.07 Å². The molecule has 2 amide bonds. The average molecular weight is 512 g/mol. The topological polar surface area (TPSA) is 132 Å². The van der Waals surface area contributed by atoms with E-state index in [1.165, 1.54) is 18.3 Å². The smallest absolute Gasteiger partial charge is 0.416 e. The number of aromatic hydroxyl groups is 1. The van der Waals surface area contributed by atoms with Crippen LogP contribution in [0.15, 0.2) is 60.8 Å². The minimum atomic E-state index is -4.68. The molecule has 1 aromatic heterocycles. The molecule has 2 aromatic carbocycles. The molecule has 1 aliphatic rings. The Bertz CT molecular complexity index is 1330. The molecule has 0 saturated carbocycles. The van der Waals surface area contributed by atoms with Crippen molar-refractivity contribution >= 4 is 17.8 Å². The summed E-state index contributed by atoms with van der Waals surface area (Å²) in [6.07, 6.45) is -2.59. The second-order valence-corrected chi connectivity index (χ2v) is 8.72. The van der Waals surface area contributed by atoms with Gasteiger partial charge in [0.15, 0.2) is 5.96 Å². The lowest BCUT2D eigenvalue weighted by molar-refractivity contribution is -0.138. The highest BCUT2D eigenvalue weighted by molar-refractivity contribution is 6.04. The van der Waals surface area contributed by atoms with Crippen molar-refractivity contribution in [2.75, 3.05) is 13.1 Å². The maximum Gasteiger partial charge on any atom is 0.416 e. The molecular formula is C26H24F3N5O3. The Morgan fingerprint density at radius 2 is 1.76 bits per heavy atom. The number of nitrogens with zero attached hydrogens (tertiary/aromatic N) is 2. The molecule has 0 aliphatic carbocycles. The fraction of sp³-hybridized carbons (Fsp3) is 0.231. The number of benzene rings is 2. The van der Waals surface area contributed by atoms with E-state index in [4.69, 9.17) is 11.1 Å². The number of halogens is 3. The van der Waals surface area contributed by atoms with Crippen LogP contribution in [0.3, 0.4) is 0 Å². The molecule has 0 spiro atoms.